The Morgan fingerprint density at radius 2 is 1.69 bits per heavy atom. The van der Waals surface area contributed by atoms with Crippen LogP contribution >= 0.6 is 11.6 Å². The van der Waals surface area contributed by atoms with Crippen LogP contribution in [-0.4, -0.2) is 49.0 Å². The maximum absolute atomic E-state index is 13.0. The minimum absolute atomic E-state index is 0.0469. The molecule has 2 rings (SSSR count). The van der Waals surface area contributed by atoms with E-state index in [2.05, 4.69) is 9.89 Å². The van der Waals surface area contributed by atoms with Gasteiger partial charge in [0.1, 0.15) is 12.3 Å². The van der Waals surface area contributed by atoms with Crippen molar-refractivity contribution in [2.24, 2.45) is 10.7 Å². The van der Waals surface area contributed by atoms with Gasteiger partial charge in [-0.1, -0.05) is 49.7 Å². The molecule has 2 aromatic rings. The Balaban J connectivity index is 2.27. The van der Waals surface area contributed by atoms with Crippen molar-refractivity contribution in [2.75, 3.05) is 26.2 Å². The largest absolute Gasteiger partial charge is 0.461 e. The summed E-state index contributed by atoms with van der Waals surface area (Å²) in [5.74, 6) is -0.515. The molecule has 0 aliphatic rings. The van der Waals surface area contributed by atoms with Crippen LogP contribution in [0, 0.1) is 0 Å². The van der Waals surface area contributed by atoms with Crippen molar-refractivity contribution in [3.05, 3.63) is 76.5 Å². The van der Waals surface area contributed by atoms with Gasteiger partial charge >= 0.3 is 12.1 Å². The molecule has 32 heavy (non-hydrogen) atoms. The molecule has 0 saturated heterocycles. The molecule has 9 heteroatoms. The van der Waals surface area contributed by atoms with Gasteiger partial charge in [-0.15, -0.1) is 0 Å². The van der Waals surface area contributed by atoms with Gasteiger partial charge < -0.3 is 15.4 Å². The number of carbonyl (C=O) groups excluding carboxylic acids is 1. The van der Waals surface area contributed by atoms with Crippen LogP contribution < -0.4 is 5.73 Å². The number of esters is 1. The molecule has 0 atom stereocenters. The van der Waals surface area contributed by atoms with E-state index >= 15 is 0 Å². The number of alkyl halides is 3. The molecule has 0 bridgehead atoms. The Hall–Kier alpha value is -2.84. The molecule has 0 unspecified atom stereocenters. The van der Waals surface area contributed by atoms with Crippen molar-refractivity contribution >= 4 is 29.0 Å². The number of allylic oxidation sites excluding steroid dienone is 2. The first-order chi connectivity index (χ1) is 15.2. The summed E-state index contributed by atoms with van der Waals surface area (Å²) in [6.45, 7) is 6.60. The van der Waals surface area contributed by atoms with E-state index in [-0.39, 0.29) is 28.6 Å². The fraction of sp³-hybridized carbons (Fsp3) is 0.304. The molecule has 2 N–H and O–H groups in total. The quantitative estimate of drug-likeness (QED) is 0.398. The highest BCUT2D eigenvalue weighted by atomic mass is 35.5. The number of likely N-dealkylation sites (N-methyl/N-ethyl adjacent to an activating group) is 1. The van der Waals surface area contributed by atoms with E-state index in [0.717, 1.165) is 19.2 Å². The van der Waals surface area contributed by atoms with Crippen molar-refractivity contribution in [1.82, 2.24) is 4.90 Å². The molecule has 0 heterocycles. The Morgan fingerprint density at radius 3 is 2.25 bits per heavy atom. The number of nitrogens with two attached hydrogens (primary N) is 1. The van der Waals surface area contributed by atoms with Crippen molar-refractivity contribution in [3.8, 4) is 0 Å². The summed E-state index contributed by atoms with van der Waals surface area (Å²) in [6.07, 6.45) is -3.98. The van der Waals surface area contributed by atoms with Crippen LogP contribution in [-0.2, 0) is 4.74 Å². The second-order valence-corrected chi connectivity index (χ2v) is 7.19. The first kappa shape index (κ1) is 25.4. The molecule has 0 amide bonds. The van der Waals surface area contributed by atoms with Gasteiger partial charge in [-0.05, 0) is 43.4 Å². The van der Waals surface area contributed by atoms with Crippen molar-refractivity contribution in [3.63, 3.8) is 0 Å². The van der Waals surface area contributed by atoms with Crippen LogP contribution in [0.2, 0.25) is 5.02 Å². The smallest absolute Gasteiger partial charge is 0.430 e. The molecule has 0 radical (unpaired) electrons. The number of nitrogens with zero attached hydrogens (tertiary/aromatic N) is 2. The van der Waals surface area contributed by atoms with E-state index in [1.54, 1.807) is 24.3 Å². The van der Waals surface area contributed by atoms with E-state index in [9.17, 15) is 18.0 Å². The highest BCUT2D eigenvalue weighted by Gasteiger charge is 2.31. The Bertz CT molecular complexity index is 969. The lowest BCUT2D eigenvalue weighted by Crippen LogP contribution is -2.27. The van der Waals surface area contributed by atoms with Gasteiger partial charge in [0.05, 0.1) is 22.0 Å². The molecule has 0 aliphatic heterocycles. The lowest BCUT2D eigenvalue weighted by molar-refractivity contribution is -0.0925. The number of hydrogen-bond acceptors (Lipinski definition) is 5. The predicted molar refractivity (Wildman–Crippen MR) is 120 cm³/mol. The van der Waals surface area contributed by atoms with Gasteiger partial charge in [0.25, 0.3) is 0 Å². The summed E-state index contributed by atoms with van der Waals surface area (Å²) in [5, 5.41) is 0.275. The van der Waals surface area contributed by atoms with E-state index < -0.39 is 17.8 Å². The molecule has 0 saturated carbocycles. The Labute approximate surface area is 190 Å². The summed E-state index contributed by atoms with van der Waals surface area (Å²) in [4.78, 5) is 18.6. The first-order valence-corrected chi connectivity index (χ1v) is 10.4. The molecular formula is C23H25ClF3N3O2. The number of hydrogen-bond donors (Lipinski definition) is 1. The third kappa shape index (κ3) is 7.39. The SMILES string of the molecule is CCN(CC)CCOC(=O)c1ccc(C(C=C(N)C(F)(F)F)=Nc2ccccc2Cl)cc1. The molecule has 5 nitrogen and oxygen atoms in total. The maximum atomic E-state index is 13.0. The zero-order valence-electron chi connectivity index (χ0n) is 17.8. The summed E-state index contributed by atoms with van der Waals surface area (Å²) < 4.78 is 44.3. The van der Waals surface area contributed by atoms with E-state index in [4.69, 9.17) is 22.1 Å². The fourth-order valence-corrected chi connectivity index (χ4v) is 2.93. The molecule has 172 valence electrons. The van der Waals surface area contributed by atoms with Crippen molar-refractivity contribution < 1.29 is 22.7 Å². The van der Waals surface area contributed by atoms with E-state index in [1.165, 1.54) is 24.3 Å². The number of para-hydroxylation sites is 1. The lowest BCUT2D eigenvalue weighted by atomic mass is 10.1. The van der Waals surface area contributed by atoms with Gasteiger partial charge in [-0.2, -0.15) is 13.2 Å². The molecule has 0 fully saturated rings. The van der Waals surface area contributed by atoms with E-state index in [1.807, 2.05) is 13.8 Å². The molecule has 2 aromatic carbocycles. The number of carbonyl (C=O) groups is 1. The lowest BCUT2D eigenvalue weighted by Gasteiger charge is -2.17. The zero-order valence-corrected chi connectivity index (χ0v) is 18.6. The number of rotatable bonds is 9. The van der Waals surface area contributed by atoms with E-state index in [0.29, 0.717) is 12.1 Å². The van der Waals surface area contributed by atoms with Crippen LogP contribution in [0.5, 0.6) is 0 Å². The average Bonchev–Trinajstić information content (AvgIpc) is 2.77. The maximum Gasteiger partial charge on any atom is 0.430 e. The summed E-state index contributed by atoms with van der Waals surface area (Å²) in [5.41, 5.74) is 4.75. The van der Waals surface area contributed by atoms with Crippen LogP contribution in [0.4, 0.5) is 18.9 Å². The summed E-state index contributed by atoms with van der Waals surface area (Å²) in [7, 11) is 0. The van der Waals surface area contributed by atoms with Crippen LogP contribution in [0.1, 0.15) is 29.8 Å². The third-order valence-electron chi connectivity index (χ3n) is 4.66. The van der Waals surface area contributed by atoms with Gasteiger partial charge in [-0.25, -0.2) is 9.79 Å². The minimum atomic E-state index is -4.71. The number of benzene rings is 2. The fourth-order valence-electron chi connectivity index (χ4n) is 2.75. The van der Waals surface area contributed by atoms with Crippen molar-refractivity contribution in [1.29, 1.82) is 0 Å². The number of aliphatic imine (C=N–C) groups is 1. The summed E-state index contributed by atoms with van der Waals surface area (Å²) in [6, 6.07) is 12.4. The topological polar surface area (TPSA) is 67.9 Å². The first-order valence-electron chi connectivity index (χ1n) is 10.0. The minimum Gasteiger partial charge on any atom is -0.461 e. The second-order valence-electron chi connectivity index (χ2n) is 6.79. The third-order valence-corrected chi connectivity index (χ3v) is 4.98. The monoisotopic (exact) mass is 467 g/mol. The van der Waals surface area contributed by atoms with Crippen LogP contribution in [0.15, 0.2) is 65.3 Å². The van der Waals surface area contributed by atoms with Gasteiger partial charge in [0, 0.05) is 12.1 Å². The molecule has 0 spiro atoms. The van der Waals surface area contributed by atoms with Gasteiger partial charge in [0.2, 0.25) is 0 Å². The molecular weight excluding hydrogens is 443 g/mol. The Kier molecular flexibility index (Phi) is 9.28. The van der Waals surface area contributed by atoms with Crippen LogP contribution in [0.3, 0.4) is 0 Å². The number of ether oxygens (including phenoxy) is 1. The highest BCUT2D eigenvalue weighted by Crippen LogP contribution is 2.27. The average molecular weight is 468 g/mol. The zero-order chi connectivity index (χ0) is 23.7. The molecule has 0 aliphatic carbocycles. The second kappa shape index (κ2) is 11.7. The van der Waals surface area contributed by atoms with Gasteiger partial charge in [0.15, 0.2) is 0 Å². The predicted octanol–water partition coefficient (Wildman–Crippen LogP) is 5.36. The highest BCUT2D eigenvalue weighted by molar-refractivity contribution is 6.33. The summed E-state index contributed by atoms with van der Waals surface area (Å²) >= 11 is 6.09. The standard InChI is InChI=1S/C23H25ClF3N3O2/c1-3-30(4-2)13-14-32-22(31)17-11-9-16(10-12-17)20(15-21(28)23(25,26)27)29-19-8-6-5-7-18(19)24/h5-12,15H,3-4,13-14,28H2,1-2H3. The molecule has 0 aromatic heterocycles. The Morgan fingerprint density at radius 1 is 1.09 bits per heavy atom. The van der Waals surface area contributed by atoms with Crippen molar-refractivity contribution in [2.45, 2.75) is 20.0 Å². The number of halogens is 4. The van der Waals surface area contributed by atoms with Crippen LogP contribution in [0.25, 0.3) is 0 Å². The van der Waals surface area contributed by atoms with Gasteiger partial charge in [-0.3, -0.25) is 0 Å². The normalized spacial score (nSPS) is 12.8.